The van der Waals surface area contributed by atoms with Crippen molar-refractivity contribution in [3.63, 3.8) is 0 Å². The van der Waals surface area contributed by atoms with Crippen LogP contribution in [0.4, 0.5) is 0 Å². The standard InChI is InChI=1S/C16H22ClO3P/c1-13-9-5-7-11-15(13,3)19-21(17,18)20-16(4)12-8-6-10-14(16)2/h5-14H,1-4H3. The first kappa shape index (κ1) is 16.8. The van der Waals surface area contributed by atoms with E-state index in [2.05, 4.69) is 0 Å². The molecule has 2 aliphatic rings. The van der Waals surface area contributed by atoms with Crippen molar-refractivity contribution in [3.8, 4) is 0 Å². The molecule has 3 nitrogen and oxygen atoms in total. The Morgan fingerprint density at radius 3 is 1.62 bits per heavy atom. The minimum atomic E-state index is -3.73. The molecule has 21 heavy (non-hydrogen) atoms. The van der Waals surface area contributed by atoms with Gasteiger partial charge in [0, 0.05) is 23.1 Å². The van der Waals surface area contributed by atoms with Crippen molar-refractivity contribution in [2.75, 3.05) is 0 Å². The topological polar surface area (TPSA) is 35.5 Å². The summed E-state index contributed by atoms with van der Waals surface area (Å²) in [5, 5.41) is 0. The van der Waals surface area contributed by atoms with Crippen LogP contribution in [0.3, 0.4) is 0 Å². The van der Waals surface area contributed by atoms with E-state index in [-0.39, 0.29) is 11.8 Å². The third kappa shape index (κ3) is 3.78. The summed E-state index contributed by atoms with van der Waals surface area (Å²) in [4.78, 5) is 0. The summed E-state index contributed by atoms with van der Waals surface area (Å²) in [6.07, 6.45) is 15.3. The Hall–Kier alpha value is -0.600. The van der Waals surface area contributed by atoms with Gasteiger partial charge in [-0.2, -0.15) is 0 Å². The van der Waals surface area contributed by atoms with Gasteiger partial charge >= 0.3 is 6.95 Å². The summed E-state index contributed by atoms with van der Waals surface area (Å²) >= 11 is 6.11. The summed E-state index contributed by atoms with van der Waals surface area (Å²) in [6, 6.07) is 0. The molecule has 0 fully saturated rings. The van der Waals surface area contributed by atoms with E-state index in [4.69, 9.17) is 20.3 Å². The van der Waals surface area contributed by atoms with Gasteiger partial charge in [-0.3, -0.25) is 9.05 Å². The second-order valence-corrected chi connectivity index (χ2v) is 8.51. The number of hydrogen-bond donors (Lipinski definition) is 0. The Bertz CT molecular complexity index is 520. The third-order valence-corrected chi connectivity index (χ3v) is 5.93. The second-order valence-electron chi connectivity index (χ2n) is 6.05. The highest BCUT2D eigenvalue weighted by atomic mass is 35.7. The van der Waals surface area contributed by atoms with Crippen LogP contribution in [0.1, 0.15) is 27.7 Å². The fourth-order valence-electron chi connectivity index (χ4n) is 2.36. The average Bonchev–Trinajstić information content (AvgIpc) is 2.35. The zero-order valence-electron chi connectivity index (χ0n) is 12.8. The fourth-order valence-corrected chi connectivity index (χ4v) is 4.68. The van der Waals surface area contributed by atoms with Crippen LogP contribution in [0.25, 0.3) is 0 Å². The average molecular weight is 329 g/mol. The first-order valence-corrected chi connectivity index (χ1v) is 9.55. The lowest BCUT2D eigenvalue weighted by Crippen LogP contribution is -2.36. The van der Waals surface area contributed by atoms with Gasteiger partial charge < -0.3 is 0 Å². The van der Waals surface area contributed by atoms with Gasteiger partial charge in [-0.1, -0.05) is 62.5 Å². The van der Waals surface area contributed by atoms with Crippen molar-refractivity contribution in [2.24, 2.45) is 11.8 Å². The molecule has 2 rings (SSSR count). The van der Waals surface area contributed by atoms with E-state index in [1.807, 2.05) is 76.3 Å². The Morgan fingerprint density at radius 1 is 0.905 bits per heavy atom. The molecule has 0 spiro atoms. The minimum absolute atomic E-state index is 0.0604. The SMILES string of the molecule is CC1C=CC=CC1(C)OP(=O)(Cl)OC1(C)C=CC=CC1C. The van der Waals surface area contributed by atoms with Crippen LogP contribution < -0.4 is 0 Å². The number of rotatable bonds is 4. The molecule has 0 saturated heterocycles. The molecule has 0 radical (unpaired) electrons. The fraction of sp³-hybridized carbons (Fsp3) is 0.500. The molecule has 0 saturated carbocycles. The highest BCUT2D eigenvalue weighted by molar-refractivity contribution is 7.81. The van der Waals surface area contributed by atoms with E-state index in [1.54, 1.807) is 0 Å². The Balaban J connectivity index is 2.14. The lowest BCUT2D eigenvalue weighted by molar-refractivity contribution is 0.0349. The molecular weight excluding hydrogens is 307 g/mol. The number of hydrogen-bond acceptors (Lipinski definition) is 3. The zero-order chi connectivity index (χ0) is 15.7. The van der Waals surface area contributed by atoms with Crippen molar-refractivity contribution in [3.05, 3.63) is 48.6 Å². The molecule has 116 valence electrons. The molecule has 0 amide bonds. The maximum atomic E-state index is 12.7. The van der Waals surface area contributed by atoms with Crippen LogP contribution in [0.15, 0.2) is 48.6 Å². The monoisotopic (exact) mass is 328 g/mol. The summed E-state index contributed by atoms with van der Waals surface area (Å²) < 4.78 is 24.1. The van der Waals surface area contributed by atoms with Gasteiger partial charge in [0.1, 0.15) is 11.2 Å². The molecule has 0 heterocycles. The normalized spacial score (nSPS) is 41.2. The van der Waals surface area contributed by atoms with Crippen molar-refractivity contribution in [1.29, 1.82) is 0 Å². The maximum Gasteiger partial charge on any atom is 0.425 e. The van der Waals surface area contributed by atoms with Crippen LogP contribution in [-0.2, 0) is 13.6 Å². The molecule has 4 unspecified atom stereocenters. The predicted molar refractivity (Wildman–Crippen MR) is 87.3 cm³/mol. The van der Waals surface area contributed by atoms with Gasteiger partial charge in [0.15, 0.2) is 0 Å². The molecule has 0 aromatic carbocycles. The van der Waals surface area contributed by atoms with Crippen molar-refractivity contribution in [1.82, 2.24) is 0 Å². The number of allylic oxidation sites excluding steroid dienone is 4. The second kappa shape index (κ2) is 5.89. The minimum Gasteiger partial charge on any atom is -0.286 e. The molecule has 4 atom stereocenters. The summed E-state index contributed by atoms with van der Waals surface area (Å²) in [5.41, 5.74) is -1.47. The van der Waals surface area contributed by atoms with Crippen molar-refractivity contribution < 1.29 is 13.6 Å². The van der Waals surface area contributed by atoms with E-state index in [0.717, 1.165) is 0 Å². The van der Waals surface area contributed by atoms with E-state index >= 15 is 0 Å². The first-order chi connectivity index (χ1) is 9.67. The van der Waals surface area contributed by atoms with Gasteiger partial charge in [-0.05, 0) is 13.8 Å². The van der Waals surface area contributed by atoms with Crippen LogP contribution in [-0.4, -0.2) is 11.2 Å². The van der Waals surface area contributed by atoms with Crippen molar-refractivity contribution >= 4 is 18.2 Å². The molecule has 0 aromatic heterocycles. The van der Waals surface area contributed by atoms with Crippen LogP contribution in [0.5, 0.6) is 0 Å². The quantitative estimate of drug-likeness (QED) is 0.647. The molecule has 0 N–H and O–H groups in total. The van der Waals surface area contributed by atoms with Gasteiger partial charge in [0.2, 0.25) is 0 Å². The third-order valence-electron chi connectivity index (χ3n) is 4.30. The molecule has 0 aromatic rings. The van der Waals surface area contributed by atoms with Crippen LogP contribution in [0.2, 0.25) is 0 Å². The summed E-state index contributed by atoms with van der Waals surface area (Å²) in [7, 11) is 0. The maximum absolute atomic E-state index is 12.7. The highest BCUT2D eigenvalue weighted by Crippen LogP contribution is 2.61. The van der Waals surface area contributed by atoms with Gasteiger partial charge in [-0.25, -0.2) is 4.57 Å². The summed E-state index contributed by atoms with van der Waals surface area (Å²) in [5.74, 6) is 0.121. The molecule has 5 heteroatoms. The van der Waals surface area contributed by atoms with E-state index in [1.165, 1.54) is 0 Å². The van der Waals surface area contributed by atoms with Gasteiger partial charge in [0.25, 0.3) is 0 Å². The van der Waals surface area contributed by atoms with E-state index in [9.17, 15) is 4.57 Å². The van der Waals surface area contributed by atoms with Gasteiger partial charge in [-0.15, -0.1) is 0 Å². The zero-order valence-corrected chi connectivity index (χ0v) is 14.5. The Kier molecular flexibility index (Phi) is 4.70. The molecule has 2 aliphatic carbocycles. The predicted octanol–water partition coefficient (Wildman–Crippen LogP) is 5.41. The van der Waals surface area contributed by atoms with E-state index in [0.29, 0.717) is 0 Å². The van der Waals surface area contributed by atoms with Crippen LogP contribution in [0, 0.1) is 11.8 Å². The first-order valence-electron chi connectivity index (χ1n) is 7.10. The van der Waals surface area contributed by atoms with Gasteiger partial charge in [0.05, 0.1) is 0 Å². The van der Waals surface area contributed by atoms with Crippen molar-refractivity contribution in [2.45, 2.75) is 38.9 Å². The van der Waals surface area contributed by atoms with Crippen LogP contribution >= 0.6 is 18.2 Å². The molecule has 0 aliphatic heterocycles. The smallest absolute Gasteiger partial charge is 0.286 e. The molecular formula is C16H22ClO3P. The number of halogens is 1. The lowest BCUT2D eigenvalue weighted by atomic mass is 9.87. The lowest BCUT2D eigenvalue weighted by Gasteiger charge is -2.38. The van der Waals surface area contributed by atoms with E-state index < -0.39 is 18.2 Å². The largest absolute Gasteiger partial charge is 0.425 e. The Labute approximate surface area is 131 Å². The summed E-state index contributed by atoms with van der Waals surface area (Å²) in [6.45, 7) is 3.97. The Morgan fingerprint density at radius 2 is 1.29 bits per heavy atom. The highest BCUT2D eigenvalue weighted by Gasteiger charge is 2.43. The molecule has 0 bridgehead atoms.